The summed E-state index contributed by atoms with van der Waals surface area (Å²) in [4.78, 5) is 44.6. The molecule has 2 aromatic carbocycles. The summed E-state index contributed by atoms with van der Waals surface area (Å²) in [5.41, 5.74) is 9.03. The molecule has 7 heteroatoms. The van der Waals surface area contributed by atoms with Gasteiger partial charge in [0.2, 0.25) is 11.8 Å². The van der Waals surface area contributed by atoms with Crippen LogP contribution in [0.15, 0.2) is 54.6 Å². The fraction of sp³-hybridized carbons (Fsp3) is 0.333. The number of fused-ring (bicyclic) bond motifs is 1. The van der Waals surface area contributed by atoms with Crippen molar-refractivity contribution in [3.63, 3.8) is 0 Å². The van der Waals surface area contributed by atoms with Gasteiger partial charge in [0.15, 0.2) is 0 Å². The normalized spacial score (nSPS) is 15.7. The summed E-state index contributed by atoms with van der Waals surface area (Å²) in [7, 11) is 0. The van der Waals surface area contributed by atoms with Crippen LogP contribution in [0.4, 0.5) is 0 Å². The predicted molar refractivity (Wildman–Crippen MR) is 132 cm³/mol. The average Bonchev–Trinajstić information content (AvgIpc) is 2.87. The number of nitrogens with one attached hydrogen (secondary N) is 2. The molecule has 1 unspecified atom stereocenters. The monoisotopic (exact) mass is 458 g/mol. The number of carbonyl (C=O) groups is 3. The standard InChI is InChI=1S/C27H30N4O3/c1-3-7-25(32)31-15-6-8-20(17-31)26(33)29-30-27(34)22-16-24(19-13-11-18(2)12-14-19)28-23-10-5-4-9-21(22)23/h4-5,9-14,16,20H,3,6-8,15,17H2,1-2H3,(H,29,33)(H,30,34). The summed E-state index contributed by atoms with van der Waals surface area (Å²) in [6.07, 6.45) is 2.74. The van der Waals surface area contributed by atoms with Crippen LogP contribution in [-0.4, -0.2) is 40.7 Å². The molecule has 1 aliphatic heterocycles. The van der Waals surface area contributed by atoms with Crippen LogP contribution in [0, 0.1) is 12.8 Å². The Morgan fingerprint density at radius 1 is 1.06 bits per heavy atom. The number of amides is 3. The van der Waals surface area contributed by atoms with E-state index in [0.717, 1.165) is 24.0 Å². The molecule has 1 atom stereocenters. The molecule has 34 heavy (non-hydrogen) atoms. The van der Waals surface area contributed by atoms with Crippen molar-refractivity contribution in [3.8, 4) is 11.3 Å². The van der Waals surface area contributed by atoms with Gasteiger partial charge < -0.3 is 4.90 Å². The molecule has 0 radical (unpaired) electrons. The molecule has 1 saturated heterocycles. The number of hydrogen-bond acceptors (Lipinski definition) is 4. The fourth-order valence-corrected chi connectivity index (χ4v) is 4.31. The lowest BCUT2D eigenvalue weighted by molar-refractivity contribution is -0.136. The van der Waals surface area contributed by atoms with Crippen LogP contribution in [0.1, 0.15) is 48.5 Å². The average molecular weight is 459 g/mol. The minimum absolute atomic E-state index is 0.0796. The highest BCUT2D eigenvalue weighted by molar-refractivity contribution is 6.07. The molecule has 1 fully saturated rings. The summed E-state index contributed by atoms with van der Waals surface area (Å²) >= 11 is 0. The lowest BCUT2D eigenvalue weighted by Crippen LogP contribution is -2.50. The van der Waals surface area contributed by atoms with Crippen molar-refractivity contribution < 1.29 is 14.4 Å². The number of piperidine rings is 1. The van der Waals surface area contributed by atoms with Gasteiger partial charge >= 0.3 is 0 Å². The van der Waals surface area contributed by atoms with Gasteiger partial charge in [0.05, 0.1) is 22.7 Å². The Hall–Kier alpha value is -3.74. The zero-order chi connectivity index (χ0) is 24.1. The Labute approximate surface area is 199 Å². The first-order valence-corrected chi connectivity index (χ1v) is 11.8. The molecule has 1 aliphatic rings. The van der Waals surface area contributed by atoms with Gasteiger partial charge in [-0.25, -0.2) is 4.98 Å². The van der Waals surface area contributed by atoms with E-state index in [2.05, 4.69) is 10.9 Å². The number of carbonyl (C=O) groups excluding carboxylic acids is 3. The van der Waals surface area contributed by atoms with Crippen LogP contribution in [-0.2, 0) is 9.59 Å². The Morgan fingerprint density at radius 3 is 2.59 bits per heavy atom. The van der Waals surface area contributed by atoms with Gasteiger partial charge in [-0.15, -0.1) is 0 Å². The van der Waals surface area contributed by atoms with E-state index in [1.807, 2.05) is 62.4 Å². The van der Waals surface area contributed by atoms with Crippen molar-refractivity contribution in [1.29, 1.82) is 0 Å². The molecular formula is C27H30N4O3. The maximum Gasteiger partial charge on any atom is 0.270 e. The molecule has 0 bridgehead atoms. The van der Waals surface area contributed by atoms with Gasteiger partial charge in [-0.3, -0.25) is 25.2 Å². The van der Waals surface area contributed by atoms with E-state index in [1.54, 1.807) is 11.0 Å². The molecule has 1 aromatic heterocycles. The molecule has 2 heterocycles. The molecule has 2 N–H and O–H groups in total. The van der Waals surface area contributed by atoms with Crippen LogP contribution in [0.5, 0.6) is 0 Å². The Morgan fingerprint density at radius 2 is 1.82 bits per heavy atom. The van der Waals surface area contributed by atoms with Crippen molar-refractivity contribution in [2.45, 2.75) is 39.5 Å². The van der Waals surface area contributed by atoms with Gasteiger partial charge in [0.25, 0.3) is 5.91 Å². The van der Waals surface area contributed by atoms with Crippen molar-refractivity contribution in [1.82, 2.24) is 20.7 Å². The zero-order valence-corrected chi connectivity index (χ0v) is 19.6. The number of rotatable bonds is 5. The molecule has 4 rings (SSSR count). The maximum absolute atomic E-state index is 13.1. The Balaban J connectivity index is 1.50. The topological polar surface area (TPSA) is 91.4 Å². The minimum Gasteiger partial charge on any atom is -0.342 e. The van der Waals surface area contributed by atoms with Crippen molar-refractivity contribution in [2.75, 3.05) is 13.1 Å². The summed E-state index contributed by atoms with van der Waals surface area (Å²) in [5, 5.41) is 0.708. The van der Waals surface area contributed by atoms with E-state index in [9.17, 15) is 14.4 Å². The first kappa shape index (κ1) is 23.4. The highest BCUT2D eigenvalue weighted by Crippen LogP contribution is 2.25. The summed E-state index contributed by atoms with van der Waals surface area (Å²) in [6, 6.07) is 17.2. The molecule has 0 saturated carbocycles. The van der Waals surface area contributed by atoms with E-state index < -0.39 is 5.91 Å². The number of aromatic nitrogens is 1. The number of benzene rings is 2. The van der Waals surface area contributed by atoms with E-state index in [0.29, 0.717) is 48.1 Å². The van der Waals surface area contributed by atoms with Crippen molar-refractivity contribution in [2.24, 2.45) is 5.92 Å². The molecule has 3 amide bonds. The lowest BCUT2D eigenvalue weighted by Gasteiger charge is -2.32. The SMILES string of the molecule is CCCC(=O)N1CCCC(C(=O)NNC(=O)c2cc(-c3ccc(C)cc3)nc3ccccc23)C1. The van der Waals surface area contributed by atoms with Crippen LogP contribution >= 0.6 is 0 Å². The third-order valence-electron chi connectivity index (χ3n) is 6.22. The zero-order valence-electron chi connectivity index (χ0n) is 19.6. The van der Waals surface area contributed by atoms with Gasteiger partial charge in [-0.05, 0) is 38.3 Å². The molecular weight excluding hydrogens is 428 g/mol. The maximum atomic E-state index is 13.1. The minimum atomic E-state index is -0.407. The van der Waals surface area contributed by atoms with Crippen molar-refractivity contribution in [3.05, 3.63) is 65.7 Å². The van der Waals surface area contributed by atoms with Gasteiger partial charge in [-0.1, -0.05) is 55.0 Å². The number of hydrogen-bond donors (Lipinski definition) is 2. The van der Waals surface area contributed by atoms with Crippen molar-refractivity contribution >= 4 is 28.6 Å². The largest absolute Gasteiger partial charge is 0.342 e. The highest BCUT2D eigenvalue weighted by Gasteiger charge is 2.28. The van der Waals surface area contributed by atoms with E-state index in [1.165, 1.54) is 0 Å². The van der Waals surface area contributed by atoms with E-state index in [-0.39, 0.29) is 17.7 Å². The third-order valence-corrected chi connectivity index (χ3v) is 6.22. The van der Waals surface area contributed by atoms with E-state index >= 15 is 0 Å². The molecule has 0 spiro atoms. The van der Waals surface area contributed by atoms with Crippen LogP contribution in [0.2, 0.25) is 0 Å². The second-order valence-electron chi connectivity index (χ2n) is 8.81. The number of nitrogens with zero attached hydrogens (tertiary/aromatic N) is 2. The van der Waals surface area contributed by atoms with E-state index in [4.69, 9.17) is 4.98 Å². The number of hydrazine groups is 1. The third kappa shape index (κ3) is 5.25. The molecule has 176 valence electrons. The lowest BCUT2D eigenvalue weighted by atomic mass is 9.97. The smallest absolute Gasteiger partial charge is 0.270 e. The predicted octanol–water partition coefficient (Wildman–Crippen LogP) is 4.01. The second-order valence-corrected chi connectivity index (χ2v) is 8.81. The fourth-order valence-electron chi connectivity index (χ4n) is 4.31. The number of likely N-dealkylation sites (tertiary alicyclic amines) is 1. The quantitative estimate of drug-likeness (QED) is 0.565. The number of aryl methyl sites for hydroxylation is 1. The molecule has 0 aliphatic carbocycles. The molecule has 7 nitrogen and oxygen atoms in total. The van der Waals surface area contributed by atoms with Crippen LogP contribution in [0.3, 0.4) is 0 Å². The first-order chi connectivity index (χ1) is 16.5. The summed E-state index contributed by atoms with van der Waals surface area (Å²) in [6.45, 7) is 5.05. The van der Waals surface area contributed by atoms with Crippen LogP contribution in [0.25, 0.3) is 22.2 Å². The van der Waals surface area contributed by atoms with Gasteiger partial charge in [0.1, 0.15) is 0 Å². The summed E-state index contributed by atoms with van der Waals surface area (Å²) < 4.78 is 0. The number of pyridine rings is 1. The Kier molecular flexibility index (Phi) is 7.21. The molecule has 3 aromatic rings. The second kappa shape index (κ2) is 10.5. The summed E-state index contributed by atoms with van der Waals surface area (Å²) in [5.74, 6) is -0.947. The Bertz CT molecular complexity index is 1210. The van der Waals surface area contributed by atoms with Crippen LogP contribution < -0.4 is 10.9 Å². The first-order valence-electron chi connectivity index (χ1n) is 11.8. The number of para-hydroxylation sites is 1. The van der Waals surface area contributed by atoms with Gasteiger partial charge in [-0.2, -0.15) is 0 Å². The van der Waals surface area contributed by atoms with Gasteiger partial charge in [0, 0.05) is 30.5 Å². The highest BCUT2D eigenvalue weighted by atomic mass is 16.2.